The maximum absolute atomic E-state index is 13.8. The lowest BCUT2D eigenvalue weighted by Gasteiger charge is -2.34. The molecule has 4 N–H and O–H groups in total. The van der Waals surface area contributed by atoms with E-state index in [0.717, 1.165) is 55.2 Å². The highest BCUT2D eigenvalue weighted by Gasteiger charge is 2.40. The molecule has 1 saturated heterocycles. The minimum absolute atomic E-state index is 0.0436. The van der Waals surface area contributed by atoms with Crippen LogP contribution in [0.4, 0.5) is 0 Å². The predicted octanol–water partition coefficient (Wildman–Crippen LogP) is 6.77. The van der Waals surface area contributed by atoms with Crippen molar-refractivity contribution in [2.45, 2.75) is 55.3 Å². The van der Waals surface area contributed by atoms with Crippen molar-refractivity contribution in [3.05, 3.63) is 117 Å². The monoisotopic (exact) mass is 837 g/mol. The number of likely N-dealkylation sites (N-methyl/N-ethyl adjacent to an activating group) is 1. The van der Waals surface area contributed by atoms with E-state index in [2.05, 4.69) is 29.2 Å². The number of aliphatic carboxylic acids is 3. The Morgan fingerprint density at radius 3 is 2.16 bits per heavy atom. The molecule has 0 saturated carbocycles. The number of carboxylic acid groups (broad SMARTS) is 3. The van der Waals surface area contributed by atoms with E-state index < -0.39 is 47.2 Å². The molecule has 0 bridgehead atoms. The molecule has 1 fully saturated rings. The SMILES string of the molecule is CN(CC(CCN1CCC(c2ccccc2CS(C)=O)CC1)c1ccc(Cl)c(Cl)c1)C(=O)c1cc(C#N)cc2ccccc12.O=C(O)CC(O)(CC(=O)O)C(=O)O. The first kappa shape index (κ1) is 44.9. The highest BCUT2D eigenvalue weighted by molar-refractivity contribution is 7.83. The Bertz CT molecular complexity index is 2150. The van der Waals surface area contributed by atoms with Crippen LogP contribution in [0.3, 0.4) is 0 Å². The number of benzene rings is 4. The average Bonchev–Trinajstić information content (AvgIpc) is 3.16. The van der Waals surface area contributed by atoms with E-state index in [-0.39, 0.29) is 11.8 Å². The Kier molecular flexibility index (Phi) is 16.2. The van der Waals surface area contributed by atoms with Gasteiger partial charge in [-0.25, -0.2) is 4.79 Å². The molecule has 0 aliphatic carbocycles. The van der Waals surface area contributed by atoms with Gasteiger partial charge >= 0.3 is 17.9 Å². The van der Waals surface area contributed by atoms with E-state index in [4.69, 9.17) is 43.6 Å². The number of rotatable bonds is 15. The number of amides is 1. The van der Waals surface area contributed by atoms with Crippen LogP contribution in [0.1, 0.15) is 76.6 Å². The molecule has 4 aromatic carbocycles. The van der Waals surface area contributed by atoms with Gasteiger partial charge in [0.1, 0.15) is 0 Å². The van der Waals surface area contributed by atoms with Gasteiger partial charge in [-0.15, -0.1) is 0 Å². The van der Waals surface area contributed by atoms with Crippen LogP contribution in [0.15, 0.2) is 78.9 Å². The van der Waals surface area contributed by atoms with Crippen LogP contribution in [-0.2, 0) is 30.9 Å². The van der Waals surface area contributed by atoms with E-state index in [1.54, 1.807) is 17.2 Å². The second kappa shape index (κ2) is 20.5. The quantitative estimate of drug-likeness (QED) is 0.0986. The highest BCUT2D eigenvalue weighted by Crippen LogP contribution is 2.33. The summed E-state index contributed by atoms with van der Waals surface area (Å²) in [5, 5.41) is 46.1. The van der Waals surface area contributed by atoms with Crippen LogP contribution in [0.5, 0.6) is 0 Å². The van der Waals surface area contributed by atoms with Crippen molar-refractivity contribution in [1.82, 2.24) is 9.80 Å². The zero-order chi connectivity index (χ0) is 41.9. The Labute approximate surface area is 343 Å². The maximum Gasteiger partial charge on any atom is 0.336 e. The van der Waals surface area contributed by atoms with Crippen molar-refractivity contribution in [2.75, 3.05) is 39.5 Å². The van der Waals surface area contributed by atoms with Crippen molar-refractivity contribution in [2.24, 2.45) is 0 Å². The average molecular weight is 839 g/mol. The number of carbonyl (C=O) groups excluding carboxylic acids is 1. The molecule has 15 heteroatoms. The van der Waals surface area contributed by atoms with Crippen LogP contribution >= 0.6 is 23.2 Å². The van der Waals surface area contributed by atoms with Gasteiger partial charge in [0, 0.05) is 47.9 Å². The molecule has 1 heterocycles. The van der Waals surface area contributed by atoms with Crippen molar-refractivity contribution in [1.29, 1.82) is 5.26 Å². The Hall–Kier alpha value is -4.84. The standard InChI is InChI=1S/C36H37Cl2N3O2S.C6H8O7/c1-40(36(42)33-20-25(22-39)19-28-7-3-6-10-32(28)33)23-29(27-11-12-34(37)35(38)21-27)15-18-41-16-13-26(14-17-41)31-9-5-4-8-30(31)24-44(2)43;7-3(8)1-6(13,5(11)12)2-4(9)10/h3-12,19-21,26,29H,13-18,23-24H2,1-2H3;13H,1-2H2,(H,7,8)(H,9,10)(H,11,12). The van der Waals surface area contributed by atoms with Crippen molar-refractivity contribution < 1.29 is 43.8 Å². The Morgan fingerprint density at radius 2 is 1.56 bits per heavy atom. The lowest BCUT2D eigenvalue weighted by Crippen LogP contribution is -2.42. The first-order valence-corrected chi connectivity index (χ1v) is 20.6. The largest absolute Gasteiger partial charge is 0.481 e. The number of fused-ring (bicyclic) bond motifs is 1. The smallest absolute Gasteiger partial charge is 0.336 e. The molecule has 12 nitrogen and oxygen atoms in total. The van der Waals surface area contributed by atoms with E-state index in [0.29, 0.717) is 39.4 Å². The third-order valence-electron chi connectivity index (χ3n) is 10.00. The Balaban J connectivity index is 0.000000476. The molecule has 5 rings (SSSR count). The molecule has 1 aliphatic rings. The second-order valence-electron chi connectivity index (χ2n) is 14.2. The normalized spacial score (nSPS) is 14.5. The minimum atomic E-state index is -2.74. The number of nitrogens with zero attached hydrogens (tertiary/aromatic N) is 3. The summed E-state index contributed by atoms with van der Waals surface area (Å²) in [6.07, 6.45) is 2.45. The minimum Gasteiger partial charge on any atom is -0.481 e. The first-order chi connectivity index (χ1) is 27.0. The van der Waals surface area contributed by atoms with Gasteiger partial charge in [-0.3, -0.25) is 18.6 Å². The summed E-state index contributed by atoms with van der Waals surface area (Å²) in [4.78, 5) is 48.6. The molecule has 57 heavy (non-hydrogen) atoms. The summed E-state index contributed by atoms with van der Waals surface area (Å²) in [5.41, 5.74) is 1.85. The van der Waals surface area contributed by atoms with Crippen molar-refractivity contribution in [3.63, 3.8) is 0 Å². The van der Waals surface area contributed by atoms with Gasteiger partial charge in [-0.2, -0.15) is 5.26 Å². The summed E-state index contributed by atoms with van der Waals surface area (Å²) in [6, 6.07) is 27.6. The van der Waals surface area contributed by atoms with Gasteiger partial charge in [0.05, 0.1) is 34.5 Å². The fourth-order valence-corrected chi connectivity index (χ4v) is 8.11. The fourth-order valence-electron chi connectivity index (χ4n) is 7.10. The lowest BCUT2D eigenvalue weighted by atomic mass is 9.86. The number of aliphatic hydroxyl groups is 1. The molecule has 4 aromatic rings. The van der Waals surface area contributed by atoms with E-state index in [1.807, 2.05) is 61.6 Å². The molecule has 0 radical (unpaired) electrons. The number of carbonyl (C=O) groups is 4. The van der Waals surface area contributed by atoms with Crippen LogP contribution in [-0.4, -0.2) is 103 Å². The van der Waals surface area contributed by atoms with Crippen LogP contribution in [0, 0.1) is 11.3 Å². The van der Waals surface area contributed by atoms with Crippen molar-refractivity contribution in [3.8, 4) is 6.07 Å². The zero-order valence-electron chi connectivity index (χ0n) is 31.6. The summed E-state index contributed by atoms with van der Waals surface area (Å²) in [6.45, 7) is 3.38. The molecule has 2 atom stereocenters. The Morgan fingerprint density at radius 1 is 0.930 bits per heavy atom. The third-order valence-corrected chi connectivity index (χ3v) is 11.5. The summed E-state index contributed by atoms with van der Waals surface area (Å²) < 4.78 is 11.9. The van der Waals surface area contributed by atoms with Crippen LogP contribution in [0.2, 0.25) is 10.0 Å². The molecular weight excluding hydrogens is 793 g/mol. The van der Waals surface area contributed by atoms with Gasteiger partial charge in [0.2, 0.25) is 0 Å². The van der Waals surface area contributed by atoms with Crippen LogP contribution < -0.4 is 0 Å². The van der Waals surface area contributed by atoms with E-state index in [1.165, 1.54) is 11.1 Å². The number of hydrogen-bond donors (Lipinski definition) is 4. The molecule has 0 aromatic heterocycles. The highest BCUT2D eigenvalue weighted by atomic mass is 35.5. The van der Waals surface area contributed by atoms with E-state index >= 15 is 0 Å². The molecule has 0 spiro atoms. The van der Waals surface area contributed by atoms with Gasteiger partial charge in [0.15, 0.2) is 5.60 Å². The summed E-state index contributed by atoms with van der Waals surface area (Å²) in [7, 11) is 0.958. The lowest BCUT2D eigenvalue weighted by molar-refractivity contribution is -0.170. The third kappa shape index (κ3) is 12.6. The van der Waals surface area contributed by atoms with Gasteiger partial charge in [-0.05, 0) is 96.5 Å². The van der Waals surface area contributed by atoms with Crippen LogP contribution in [0.25, 0.3) is 10.8 Å². The van der Waals surface area contributed by atoms with Gasteiger partial charge in [-0.1, -0.05) is 77.8 Å². The number of likely N-dealkylation sites (tertiary alicyclic amines) is 1. The summed E-state index contributed by atoms with van der Waals surface area (Å²) in [5.74, 6) is -4.02. The van der Waals surface area contributed by atoms with Gasteiger partial charge < -0.3 is 30.2 Å². The van der Waals surface area contributed by atoms with E-state index in [9.17, 15) is 28.6 Å². The number of carboxylic acids is 3. The summed E-state index contributed by atoms with van der Waals surface area (Å²) >= 11 is 12.7. The topological polar surface area (TPSA) is 197 Å². The first-order valence-electron chi connectivity index (χ1n) is 18.1. The molecule has 302 valence electrons. The van der Waals surface area contributed by atoms with Crippen molar-refractivity contribution >= 4 is 68.6 Å². The number of nitriles is 1. The second-order valence-corrected chi connectivity index (χ2v) is 16.5. The zero-order valence-corrected chi connectivity index (χ0v) is 33.9. The molecule has 1 aliphatic heterocycles. The molecule has 1 amide bonds. The molecule has 2 unspecified atom stereocenters. The number of hydrogen-bond acceptors (Lipinski definition) is 8. The molecular formula is C42H45Cl2N3O9S. The number of halogens is 2. The van der Waals surface area contributed by atoms with Gasteiger partial charge in [0.25, 0.3) is 5.91 Å². The fraction of sp³-hybridized carbons (Fsp3) is 0.357. The maximum atomic E-state index is 13.8. The predicted molar refractivity (Wildman–Crippen MR) is 219 cm³/mol. The number of piperidine rings is 1.